The van der Waals surface area contributed by atoms with Crippen molar-refractivity contribution in [1.82, 2.24) is 4.31 Å². The summed E-state index contributed by atoms with van der Waals surface area (Å²) in [6.07, 6.45) is 1.05. The number of hydrogen-bond donors (Lipinski definition) is 1. The molecule has 1 fully saturated rings. The Bertz CT molecular complexity index is 1160. The van der Waals surface area contributed by atoms with Gasteiger partial charge in [-0.3, -0.25) is 14.9 Å². The van der Waals surface area contributed by atoms with E-state index < -0.39 is 20.9 Å². The first-order valence-electron chi connectivity index (χ1n) is 10.8. The molecule has 0 spiro atoms. The van der Waals surface area contributed by atoms with Crippen LogP contribution in [0.4, 0.5) is 11.4 Å². The molecule has 1 N–H and O–H groups in total. The van der Waals surface area contributed by atoms with Crippen molar-refractivity contribution in [3.8, 4) is 5.75 Å². The maximum absolute atomic E-state index is 13.5. The number of aryl methyl sites for hydroxylation is 1. The van der Waals surface area contributed by atoms with Crippen LogP contribution in [0.2, 0.25) is 0 Å². The van der Waals surface area contributed by atoms with E-state index in [0.717, 1.165) is 5.56 Å². The van der Waals surface area contributed by atoms with Gasteiger partial charge >= 0.3 is 0 Å². The smallest absolute Gasteiger partial charge is 0.271 e. The summed E-state index contributed by atoms with van der Waals surface area (Å²) in [7, 11) is -2.46. The minimum atomic E-state index is -3.89. The molecule has 1 aliphatic rings. The van der Waals surface area contributed by atoms with E-state index >= 15 is 0 Å². The predicted molar refractivity (Wildman–Crippen MR) is 125 cm³/mol. The van der Waals surface area contributed by atoms with E-state index in [-0.39, 0.29) is 34.7 Å². The van der Waals surface area contributed by atoms with Gasteiger partial charge in [0.05, 0.1) is 23.6 Å². The molecule has 0 aliphatic carbocycles. The van der Waals surface area contributed by atoms with Gasteiger partial charge in [0, 0.05) is 25.2 Å². The number of nitrogens with zero attached hydrogens (tertiary/aromatic N) is 2. The summed E-state index contributed by atoms with van der Waals surface area (Å²) < 4.78 is 33.6. The molecule has 178 valence electrons. The fourth-order valence-corrected chi connectivity index (χ4v) is 5.58. The third-order valence-electron chi connectivity index (χ3n) is 5.92. The number of nitro groups is 1. The lowest BCUT2D eigenvalue weighted by molar-refractivity contribution is -0.384. The first-order valence-corrected chi connectivity index (χ1v) is 12.2. The topological polar surface area (TPSA) is 119 Å². The van der Waals surface area contributed by atoms with Crippen LogP contribution in [0, 0.1) is 23.0 Å². The van der Waals surface area contributed by atoms with Crippen LogP contribution >= 0.6 is 0 Å². The van der Waals surface area contributed by atoms with Crippen LogP contribution in [-0.4, -0.2) is 43.8 Å². The quantitative estimate of drug-likeness (QED) is 0.476. The fraction of sp³-hybridized carbons (Fsp3) is 0.435. The van der Waals surface area contributed by atoms with Gasteiger partial charge < -0.3 is 10.1 Å². The second kappa shape index (κ2) is 9.88. The number of nitrogens with one attached hydrogen (secondary N) is 1. The second-order valence-corrected chi connectivity index (χ2v) is 10.4. The Morgan fingerprint density at radius 2 is 1.97 bits per heavy atom. The van der Waals surface area contributed by atoms with Gasteiger partial charge in [0.25, 0.3) is 5.69 Å². The summed E-state index contributed by atoms with van der Waals surface area (Å²) in [6, 6.07) is 9.39. The largest absolute Gasteiger partial charge is 0.495 e. The van der Waals surface area contributed by atoms with Crippen molar-refractivity contribution in [2.75, 3.05) is 25.5 Å². The molecule has 0 bridgehead atoms. The number of methoxy groups -OCH3 is 1. The number of amides is 1. The molecule has 0 aromatic heterocycles. The molecule has 33 heavy (non-hydrogen) atoms. The highest BCUT2D eigenvalue weighted by Crippen LogP contribution is 2.33. The average Bonchev–Trinajstić information content (AvgIpc) is 2.79. The fourth-order valence-electron chi connectivity index (χ4n) is 3.86. The van der Waals surface area contributed by atoms with Crippen molar-refractivity contribution in [2.24, 2.45) is 5.92 Å². The number of piperidine rings is 1. The van der Waals surface area contributed by atoms with E-state index in [9.17, 15) is 23.3 Å². The Kier molecular flexibility index (Phi) is 7.38. The molecule has 1 aliphatic heterocycles. The summed E-state index contributed by atoms with van der Waals surface area (Å²) in [5.74, 6) is -0.533. The van der Waals surface area contributed by atoms with Crippen LogP contribution in [0.5, 0.6) is 5.75 Å². The van der Waals surface area contributed by atoms with E-state index in [4.69, 9.17) is 4.74 Å². The number of carbonyl (C=O) groups is 1. The number of rotatable bonds is 7. The summed E-state index contributed by atoms with van der Waals surface area (Å²) in [5.41, 5.74) is 1.78. The number of ether oxygens (including phenoxy) is 1. The number of carbonyl (C=O) groups excluding carboxylic acids is 1. The van der Waals surface area contributed by atoms with Crippen molar-refractivity contribution in [3.63, 3.8) is 0 Å². The van der Waals surface area contributed by atoms with Gasteiger partial charge in [-0.05, 0) is 48.9 Å². The average molecular weight is 476 g/mol. The van der Waals surface area contributed by atoms with Crippen LogP contribution in [0.3, 0.4) is 0 Å². The minimum Gasteiger partial charge on any atom is -0.495 e. The lowest BCUT2D eigenvalue weighted by Gasteiger charge is -2.31. The molecule has 1 atom stereocenters. The van der Waals surface area contributed by atoms with E-state index in [1.54, 1.807) is 25.1 Å². The van der Waals surface area contributed by atoms with Gasteiger partial charge in [-0.25, -0.2) is 8.42 Å². The zero-order valence-electron chi connectivity index (χ0n) is 19.2. The maximum Gasteiger partial charge on any atom is 0.271 e. The number of hydrogen-bond acceptors (Lipinski definition) is 6. The zero-order chi connectivity index (χ0) is 24.3. The zero-order valence-corrected chi connectivity index (χ0v) is 20.0. The van der Waals surface area contributed by atoms with E-state index in [1.807, 2.05) is 19.9 Å². The van der Waals surface area contributed by atoms with Gasteiger partial charge in [0.1, 0.15) is 10.6 Å². The van der Waals surface area contributed by atoms with E-state index in [1.165, 1.54) is 23.5 Å². The Balaban J connectivity index is 1.83. The standard InChI is InChI=1S/C23H29N3O6S/c1-15(2)17-8-10-21(32-4)22(12-17)33(30,31)25-11-5-6-18(14-25)23(27)24-20-13-19(26(28)29)9-7-16(20)3/h7-10,12-13,15,18H,5-6,11,14H2,1-4H3,(H,24,27)/t18-/m0/s1. The number of benzene rings is 2. The van der Waals surface area contributed by atoms with Crippen molar-refractivity contribution in [3.05, 3.63) is 57.6 Å². The lowest BCUT2D eigenvalue weighted by atomic mass is 9.98. The SMILES string of the molecule is COc1ccc(C(C)C)cc1S(=O)(=O)N1CCC[C@H](C(=O)Nc2cc([N+](=O)[O-])ccc2C)C1. The molecule has 0 unspecified atom stereocenters. The number of sulfonamides is 1. The van der Waals surface area contributed by atoms with Crippen molar-refractivity contribution in [2.45, 2.75) is 44.4 Å². The maximum atomic E-state index is 13.5. The van der Waals surface area contributed by atoms with Gasteiger partial charge in [0.15, 0.2) is 0 Å². The van der Waals surface area contributed by atoms with Crippen LogP contribution in [-0.2, 0) is 14.8 Å². The monoisotopic (exact) mass is 475 g/mol. The summed E-state index contributed by atoms with van der Waals surface area (Å²) in [6.45, 7) is 6.03. The van der Waals surface area contributed by atoms with Gasteiger partial charge in [-0.1, -0.05) is 26.0 Å². The molecule has 0 radical (unpaired) electrons. The Hall–Kier alpha value is -2.98. The predicted octanol–water partition coefficient (Wildman–Crippen LogP) is 4.07. The van der Waals surface area contributed by atoms with E-state index in [2.05, 4.69) is 5.32 Å². The summed E-state index contributed by atoms with van der Waals surface area (Å²) >= 11 is 0. The van der Waals surface area contributed by atoms with Crippen LogP contribution < -0.4 is 10.1 Å². The van der Waals surface area contributed by atoms with Crippen LogP contribution in [0.25, 0.3) is 0 Å². The molecule has 9 nitrogen and oxygen atoms in total. The molecule has 0 saturated carbocycles. The number of nitro benzene ring substituents is 1. The molecule has 2 aromatic rings. The summed E-state index contributed by atoms with van der Waals surface area (Å²) in [4.78, 5) is 23.6. The Labute approximate surface area is 193 Å². The molecular weight excluding hydrogens is 446 g/mol. The second-order valence-electron chi connectivity index (χ2n) is 8.51. The normalized spacial score (nSPS) is 17.1. The van der Waals surface area contributed by atoms with Gasteiger partial charge in [0.2, 0.25) is 15.9 Å². The van der Waals surface area contributed by atoms with Crippen LogP contribution in [0.1, 0.15) is 43.7 Å². The molecule has 1 amide bonds. The van der Waals surface area contributed by atoms with E-state index in [0.29, 0.717) is 30.6 Å². The third-order valence-corrected chi connectivity index (χ3v) is 7.80. The summed E-state index contributed by atoms with van der Waals surface area (Å²) in [5, 5.41) is 13.8. The molecule has 10 heteroatoms. The van der Waals surface area contributed by atoms with Crippen molar-refractivity contribution < 1.29 is 22.9 Å². The Morgan fingerprint density at radius 3 is 2.61 bits per heavy atom. The molecule has 2 aromatic carbocycles. The molecule has 1 saturated heterocycles. The number of non-ortho nitro benzene ring substituents is 1. The highest BCUT2D eigenvalue weighted by Gasteiger charge is 2.35. The minimum absolute atomic E-state index is 0.0250. The molecule has 1 heterocycles. The van der Waals surface area contributed by atoms with Crippen LogP contribution in [0.15, 0.2) is 41.3 Å². The van der Waals surface area contributed by atoms with Crippen molar-refractivity contribution >= 4 is 27.3 Å². The lowest BCUT2D eigenvalue weighted by Crippen LogP contribution is -2.43. The highest BCUT2D eigenvalue weighted by molar-refractivity contribution is 7.89. The first-order chi connectivity index (χ1) is 15.5. The highest BCUT2D eigenvalue weighted by atomic mass is 32.2. The van der Waals surface area contributed by atoms with Crippen molar-refractivity contribution in [1.29, 1.82) is 0 Å². The Morgan fingerprint density at radius 1 is 1.24 bits per heavy atom. The molecular formula is C23H29N3O6S. The van der Waals surface area contributed by atoms with Gasteiger partial charge in [-0.2, -0.15) is 4.31 Å². The van der Waals surface area contributed by atoms with Gasteiger partial charge in [-0.15, -0.1) is 0 Å². The molecule has 3 rings (SSSR count). The third kappa shape index (κ3) is 5.33. The first kappa shape index (κ1) is 24.7. The number of anilines is 1.